The summed E-state index contributed by atoms with van der Waals surface area (Å²) in [6.07, 6.45) is 0. The van der Waals surface area contributed by atoms with Crippen LogP contribution in [0.2, 0.25) is 0 Å². The molecule has 2 rings (SSSR count). The van der Waals surface area contributed by atoms with Crippen LogP contribution >= 0.6 is 27.3 Å². The average molecular weight is 370 g/mol. The Morgan fingerprint density at radius 3 is 2.67 bits per heavy atom. The van der Waals surface area contributed by atoms with Crippen LogP contribution in [0.1, 0.15) is 9.67 Å². The monoisotopic (exact) mass is 369 g/mol. The Bertz CT molecular complexity index is 660. The molecule has 1 aromatic carbocycles. The molecule has 0 saturated carbocycles. The summed E-state index contributed by atoms with van der Waals surface area (Å²) in [7, 11) is 0. The fourth-order valence-corrected chi connectivity index (χ4v) is 2.98. The third kappa shape index (κ3) is 4.27. The van der Waals surface area contributed by atoms with Crippen molar-refractivity contribution in [2.75, 3.05) is 18.4 Å². The van der Waals surface area contributed by atoms with Gasteiger partial charge in [0, 0.05) is 19.2 Å². The maximum absolute atomic E-state index is 11.8. The number of nitro benzene ring substituents is 1. The maximum Gasteiger partial charge on any atom is 0.292 e. The van der Waals surface area contributed by atoms with E-state index in [-0.39, 0.29) is 11.6 Å². The number of nitro groups is 1. The zero-order chi connectivity index (χ0) is 15.2. The second-order valence-electron chi connectivity index (χ2n) is 4.06. The number of nitrogens with one attached hydrogen (secondary N) is 2. The molecule has 0 fully saturated rings. The van der Waals surface area contributed by atoms with Gasteiger partial charge in [0.1, 0.15) is 5.69 Å². The predicted molar refractivity (Wildman–Crippen MR) is 85.9 cm³/mol. The van der Waals surface area contributed by atoms with Gasteiger partial charge in [-0.25, -0.2) is 0 Å². The van der Waals surface area contributed by atoms with Crippen LogP contribution in [0.15, 0.2) is 40.2 Å². The van der Waals surface area contributed by atoms with E-state index in [9.17, 15) is 14.9 Å². The quantitative estimate of drug-likeness (QED) is 0.464. The van der Waals surface area contributed by atoms with Crippen LogP contribution in [0.4, 0.5) is 11.4 Å². The molecule has 0 saturated heterocycles. The Kier molecular flexibility index (Phi) is 5.29. The van der Waals surface area contributed by atoms with Gasteiger partial charge in [-0.2, -0.15) is 0 Å². The molecule has 2 N–H and O–H groups in total. The summed E-state index contributed by atoms with van der Waals surface area (Å²) >= 11 is 4.65. The van der Waals surface area contributed by atoms with Crippen molar-refractivity contribution < 1.29 is 9.72 Å². The first-order chi connectivity index (χ1) is 10.1. The molecule has 1 amide bonds. The highest BCUT2D eigenvalue weighted by atomic mass is 79.9. The van der Waals surface area contributed by atoms with Crippen molar-refractivity contribution in [3.05, 3.63) is 55.2 Å². The normalized spacial score (nSPS) is 10.1. The fourth-order valence-electron chi connectivity index (χ4n) is 1.68. The predicted octanol–water partition coefficient (Wildman–Crippen LogP) is 3.26. The van der Waals surface area contributed by atoms with E-state index >= 15 is 0 Å². The number of rotatable bonds is 6. The average Bonchev–Trinajstić information content (AvgIpc) is 2.90. The number of benzene rings is 1. The zero-order valence-corrected chi connectivity index (χ0v) is 13.2. The van der Waals surface area contributed by atoms with Gasteiger partial charge in [0.2, 0.25) is 0 Å². The lowest BCUT2D eigenvalue weighted by Crippen LogP contribution is -2.28. The van der Waals surface area contributed by atoms with Crippen LogP contribution in [0.3, 0.4) is 0 Å². The van der Waals surface area contributed by atoms with Crippen LogP contribution < -0.4 is 10.6 Å². The SMILES string of the molecule is O=C(NCCNc1ccccc1[N+](=O)[O-])c1ccc(Br)s1. The number of para-hydroxylation sites is 2. The first-order valence-corrected chi connectivity index (χ1v) is 7.69. The molecule has 0 unspecified atom stereocenters. The lowest BCUT2D eigenvalue weighted by atomic mass is 10.2. The third-order valence-corrected chi connectivity index (χ3v) is 4.25. The van der Waals surface area contributed by atoms with E-state index in [2.05, 4.69) is 26.6 Å². The number of carbonyl (C=O) groups is 1. The third-order valence-electron chi connectivity index (χ3n) is 2.62. The number of anilines is 1. The maximum atomic E-state index is 11.8. The smallest absolute Gasteiger partial charge is 0.292 e. The molecule has 0 aliphatic carbocycles. The topological polar surface area (TPSA) is 84.3 Å². The van der Waals surface area contributed by atoms with Crippen molar-refractivity contribution in [1.82, 2.24) is 5.32 Å². The van der Waals surface area contributed by atoms with Crippen LogP contribution in [-0.2, 0) is 0 Å². The number of halogens is 1. The highest BCUT2D eigenvalue weighted by Crippen LogP contribution is 2.23. The molecule has 0 aliphatic heterocycles. The molecular formula is C13H12BrN3O3S. The Morgan fingerprint density at radius 1 is 1.24 bits per heavy atom. The largest absolute Gasteiger partial charge is 0.378 e. The zero-order valence-electron chi connectivity index (χ0n) is 10.8. The molecule has 0 bridgehead atoms. The Labute approximate surface area is 133 Å². The van der Waals surface area contributed by atoms with Crippen molar-refractivity contribution >= 4 is 44.5 Å². The van der Waals surface area contributed by atoms with Crippen LogP contribution in [0, 0.1) is 10.1 Å². The molecule has 6 nitrogen and oxygen atoms in total. The van der Waals surface area contributed by atoms with E-state index < -0.39 is 4.92 Å². The molecule has 0 aliphatic rings. The van der Waals surface area contributed by atoms with Crippen LogP contribution in [0.5, 0.6) is 0 Å². The molecule has 2 aromatic rings. The summed E-state index contributed by atoms with van der Waals surface area (Å²) < 4.78 is 0.894. The Hall–Kier alpha value is -1.93. The molecule has 1 heterocycles. The van der Waals surface area contributed by atoms with Gasteiger partial charge in [0.05, 0.1) is 13.6 Å². The molecule has 110 valence electrons. The molecule has 1 aromatic heterocycles. The number of hydrogen-bond acceptors (Lipinski definition) is 5. The van der Waals surface area contributed by atoms with Gasteiger partial charge < -0.3 is 10.6 Å². The van der Waals surface area contributed by atoms with E-state index in [1.165, 1.54) is 17.4 Å². The van der Waals surface area contributed by atoms with Crippen molar-refractivity contribution in [3.63, 3.8) is 0 Å². The number of carbonyl (C=O) groups excluding carboxylic acids is 1. The number of nitrogens with zero attached hydrogens (tertiary/aromatic N) is 1. The highest BCUT2D eigenvalue weighted by Gasteiger charge is 2.12. The van der Waals surface area contributed by atoms with Crippen LogP contribution in [0.25, 0.3) is 0 Å². The second kappa shape index (κ2) is 7.19. The summed E-state index contributed by atoms with van der Waals surface area (Å²) in [5.41, 5.74) is 0.460. The molecule has 0 radical (unpaired) electrons. The van der Waals surface area contributed by atoms with E-state index in [0.29, 0.717) is 23.7 Å². The second-order valence-corrected chi connectivity index (χ2v) is 6.52. The number of amides is 1. The van der Waals surface area contributed by atoms with E-state index in [1.54, 1.807) is 24.3 Å². The molecule has 0 atom stereocenters. The van der Waals surface area contributed by atoms with Crippen molar-refractivity contribution in [3.8, 4) is 0 Å². The highest BCUT2D eigenvalue weighted by molar-refractivity contribution is 9.11. The fraction of sp³-hybridized carbons (Fsp3) is 0.154. The summed E-state index contributed by atoms with van der Waals surface area (Å²) in [6, 6.07) is 9.95. The van der Waals surface area contributed by atoms with E-state index in [1.807, 2.05) is 6.07 Å². The van der Waals surface area contributed by atoms with E-state index in [4.69, 9.17) is 0 Å². The van der Waals surface area contributed by atoms with E-state index in [0.717, 1.165) is 3.79 Å². The molecule has 21 heavy (non-hydrogen) atoms. The Morgan fingerprint density at radius 2 is 2.00 bits per heavy atom. The van der Waals surface area contributed by atoms with Crippen molar-refractivity contribution in [2.45, 2.75) is 0 Å². The van der Waals surface area contributed by atoms with Gasteiger partial charge in [-0.15, -0.1) is 11.3 Å². The van der Waals surface area contributed by atoms with Crippen LogP contribution in [-0.4, -0.2) is 23.9 Å². The van der Waals surface area contributed by atoms with Gasteiger partial charge in [-0.1, -0.05) is 12.1 Å². The van der Waals surface area contributed by atoms with Gasteiger partial charge in [-0.05, 0) is 34.1 Å². The summed E-state index contributed by atoms with van der Waals surface area (Å²) in [4.78, 5) is 22.8. The summed E-state index contributed by atoms with van der Waals surface area (Å²) in [5, 5.41) is 16.5. The minimum Gasteiger partial charge on any atom is -0.378 e. The standard InChI is InChI=1S/C13H12BrN3O3S/c14-12-6-5-11(21-12)13(18)16-8-7-15-9-3-1-2-4-10(9)17(19)20/h1-6,15H,7-8H2,(H,16,18). The van der Waals surface area contributed by atoms with Crippen molar-refractivity contribution in [1.29, 1.82) is 0 Å². The number of hydrogen-bond donors (Lipinski definition) is 2. The minimum absolute atomic E-state index is 0.0195. The molecular weight excluding hydrogens is 358 g/mol. The van der Waals surface area contributed by atoms with Gasteiger partial charge in [0.25, 0.3) is 11.6 Å². The Balaban J connectivity index is 1.83. The minimum atomic E-state index is -0.440. The molecule has 8 heteroatoms. The first kappa shape index (κ1) is 15.5. The van der Waals surface area contributed by atoms with Gasteiger partial charge in [0.15, 0.2) is 0 Å². The van der Waals surface area contributed by atoms with Crippen molar-refractivity contribution in [2.24, 2.45) is 0 Å². The summed E-state index contributed by atoms with van der Waals surface area (Å²) in [5.74, 6) is -0.157. The first-order valence-electron chi connectivity index (χ1n) is 6.09. The summed E-state index contributed by atoms with van der Waals surface area (Å²) in [6.45, 7) is 0.781. The van der Waals surface area contributed by atoms with Gasteiger partial charge >= 0.3 is 0 Å². The molecule has 0 spiro atoms. The lowest BCUT2D eigenvalue weighted by molar-refractivity contribution is -0.384. The van der Waals surface area contributed by atoms with Gasteiger partial charge in [-0.3, -0.25) is 14.9 Å². The lowest BCUT2D eigenvalue weighted by Gasteiger charge is -2.07. The number of thiophene rings is 1.